The van der Waals surface area contributed by atoms with Crippen LogP contribution in [0, 0.1) is 6.92 Å². The zero-order valence-corrected chi connectivity index (χ0v) is 11.3. The van der Waals surface area contributed by atoms with Gasteiger partial charge in [0.05, 0.1) is 11.6 Å². The molecule has 0 saturated carbocycles. The van der Waals surface area contributed by atoms with Crippen LogP contribution in [0.2, 0.25) is 0 Å². The molecule has 0 atom stereocenters. The lowest BCUT2D eigenvalue weighted by atomic mass is 10.1. The van der Waals surface area contributed by atoms with Gasteiger partial charge in [-0.05, 0) is 24.6 Å². The van der Waals surface area contributed by atoms with Gasteiger partial charge in [-0.2, -0.15) is 0 Å². The van der Waals surface area contributed by atoms with Gasteiger partial charge >= 0.3 is 0 Å². The van der Waals surface area contributed by atoms with E-state index in [2.05, 4.69) is 40.0 Å². The molecule has 0 N–H and O–H groups in total. The summed E-state index contributed by atoms with van der Waals surface area (Å²) in [7, 11) is 0. The predicted octanol–water partition coefficient (Wildman–Crippen LogP) is 4.62. The Kier molecular flexibility index (Phi) is 3.44. The van der Waals surface area contributed by atoms with Crippen molar-refractivity contribution in [3.05, 3.63) is 39.3 Å². The van der Waals surface area contributed by atoms with Crippen LogP contribution in [0.1, 0.15) is 11.3 Å². The number of benzene rings is 1. The van der Waals surface area contributed by atoms with E-state index in [-0.39, 0.29) is 0 Å². The Morgan fingerprint density at radius 1 is 1.47 bits per heavy atom. The minimum Gasteiger partial charge on any atom is -0.240 e. The molecule has 0 radical (unpaired) electrons. The Morgan fingerprint density at radius 3 is 2.87 bits per heavy atom. The van der Waals surface area contributed by atoms with Crippen molar-refractivity contribution in [2.24, 2.45) is 0 Å². The van der Waals surface area contributed by atoms with Gasteiger partial charge in [0, 0.05) is 15.4 Å². The van der Waals surface area contributed by atoms with E-state index >= 15 is 0 Å². The second kappa shape index (κ2) is 4.64. The van der Waals surface area contributed by atoms with Crippen LogP contribution in [0.15, 0.2) is 28.1 Å². The molecular weight excluding hydrogens is 294 g/mol. The molecule has 0 saturated heterocycles. The van der Waals surface area contributed by atoms with Crippen LogP contribution in [0.3, 0.4) is 0 Å². The third kappa shape index (κ3) is 2.41. The summed E-state index contributed by atoms with van der Waals surface area (Å²) in [6.07, 6.45) is 0. The lowest BCUT2D eigenvalue weighted by molar-refractivity contribution is 1.22. The normalized spacial score (nSPS) is 10.6. The smallest absolute Gasteiger partial charge is 0.123 e. The highest BCUT2D eigenvalue weighted by molar-refractivity contribution is 9.10. The van der Waals surface area contributed by atoms with Crippen molar-refractivity contribution >= 4 is 38.9 Å². The zero-order chi connectivity index (χ0) is 10.8. The summed E-state index contributed by atoms with van der Waals surface area (Å²) in [5.41, 5.74) is 3.35. The largest absolute Gasteiger partial charge is 0.240 e. The number of aromatic nitrogens is 1. The Labute approximate surface area is 106 Å². The van der Waals surface area contributed by atoms with Crippen LogP contribution in [-0.2, 0) is 5.88 Å². The molecule has 0 amide bonds. The Bertz CT molecular complexity index is 481. The van der Waals surface area contributed by atoms with Gasteiger partial charge in [-0.15, -0.1) is 22.9 Å². The highest BCUT2D eigenvalue weighted by Gasteiger charge is 2.06. The van der Waals surface area contributed by atoms with Gasteiger partial charge in [-0.1, -0.05) is 22.0 Å². The van der Waals surface area contributed by atoms with Crippen molar-refractivity contribution in [3.8, 4) is 10.6 Å². The molecule has 15 heavy (non-hydrogen) atoms. The molecule has 4 heteroatoms. The lowest BCUT2D eigenvalue weighted by Gasteiger charge is -2.02. The van der Waals surface area contributed by atoms with Crippen molar-refractivity contribution in [3.63, 3.8) is 0 Å². The molecule has 1 aromatic heterocycles. The van der Waals surface area contributed by atoms with Crippen molar-refractivity contribution in [1.82, 2.24) is 4.98 Å². The van der Waals surface area contributed by atoms with Crippen molar-refractivity contribution < 1.29 is 0 Å². The van der Waals surface area contributed by atoms with Crippen LogP contribution < -0.4 is 0 Å². The van der Waals surface area contributed by atoms with Crippen molar-refractivity contribution in [2.45, 2.75) is 12.8 Å². The second-order valence-electron chi connectivity index (χ2n) is 3.24. The number of alkyl halides is 1. The molecular formula is C11H9BrClNS. The fraction of sp³-hybridized carbons (Fsp3) is 0.182. The summed E-state index contributed by atoms with van der Waals surface area (Å²) in [6.45, 7) is 2.09. The average Bonchev–Trinajstić information content (AvgIpc) is 2.66. The van der Waals surface area contributed by atoms with Gasteiger partial charge in [0.15, 0.2) is 0 Å². The molecule has 0 fully saturated rings. The molecule has 0 aliphatic carbocycles. The summed E-state index contributed by atoms with van der Waals surface area (Å²) in [5.74, 6) is 0.478. The Balaban J connectivity index is 2.44. The van der Waals surface area contributed by atoms with Crippen LogP contribution in [0.4, 0.5) is 0 Å². The van der Waals surface area contributed by atoms with Crippen LogP contribution in [-0.4, -0.2) is 4.98 Å². The van der Waals surface area contributed by atoms with Gasteiger partial charge in [-0.25, -0.2) is 4.98 Å². The van der Waals surface area contributed by atoms with E-state index in [0.717, 1.165) is 15.2 Å². The van der Waals surface area contributed by atoms with E-state index in [4.69, 9.17) is 11.6 Å². The molecule has 1 aromatic carbocycles. The number of hydrogen-bond donors (Lipinski definition) is 0. The zero-order valence-electron chi connectivity index (χ0n) is 8.13. The summed E-state index contributed by atoms with van der Waals surface area (Å²) in [4.78, 5) is 4.46. The van der Waals surface area contributed by atoms with E-state index in [1.807, 2.05) is 11.4 Å². The summed E-state index contributed by atoms with van der Waals surface area (Å²) in [5, 5.41) is 3.04. The highest BCUT2D eigenvalue weighted by atomic mass is 79.9. The van der Waals surface area contributed by atoms with Crippen molar-refractivity contribution in [2.75, 3.05) is 0 Å². The quantitative estimate of drug-likeness (QED) is 0.738. The number of thiazole rings is 1. The number of rotatable bonds is 2. The number of aryl methyl sites for hydroxylation is 1. The third-order valence-corrected chi connectivity index (χ3v) is 3.80. The van der Waals surface area contributed by atoms with E-state index < -0.39 is 0 Å². The first-order valence-electron chi connectivity index (χ1n) is 4.47. The molecule has 0 aliphatic rings. The predicted molar refractivity (Wildman–Crippen MR) is 69.5 cm³/mol. The molecule has 0 unspecified atom stereocenters. The van der Waals surface area contributed by atoms with Crippen molar-refractivity contribution in [1.29, 1.82) is 0 Å². The van der Waals surface area contributed by atoms with Gasteiger partial charge in [0.1, 0.15) is 5.01 Å². The van der Waals surface area contributed by atoms with E-state index in [1.54, 1.807) is 11.3 Å². The van der Waals surface area contributed by atoms with Crippen LogP contribution in [0.25, 0.3) is 10.6 Å². The monoisotopic (exact) mass is 301 g/mol. The lowest BCUT2D eigenvalue weighted by Crippen LogP contribution is -1.83. The van der Waals surface area contributed by atoms with Gasteiger partial charge in [-0.3, -0.25) is 0 Å². The molecule has 0 bridgehead atoms. The van der Waals surface area contributed by atoms with Crippen LogP contribution >= 0.6 is 38.9 Å². The van der Waals surface area contributed by atoms with Gasteiger partial charge in [0.25, 0.3) is 0 Å². The Morgan fingerprint density at radius 2 is 2.27 bits per heavy atom. The standard InChI is InChI=1S/C11H9BrClNS/c1-7-4-8(12)2-3-10(7)11-14-9(5-13)6-15-11/h2-4,6H,5H2,1H3. The molecule has 0 spiro atoms. The first-order valence-corrected chi connectivity index (χ1v) is 6.68. The maximum Gasteiger partial charge on any atom is 0.123 e. The summed E-state index contributed by atoms with van der Waals surface area (Å²) >= 11 is 10.8. The fourth-order valence-electron chi connectivity index (χ4n) is 1.36. The highest BCUT2D eigenvalue weighted by Crippen LogP contribution is 2.29. The molecule has 78 valence electrons. The topological polar surface area (TPSA) is 12.9 Å². The summed E-state index contributed by atoms with van der Waals surface area (Å²) < 4.78 is 1.10. The second-order valence-corrected chi connectivity index (χ2v) is 5.28. The number of hydrogen-bond acceptors (Lipinski definition) is 2. The number of nitrogens with zero attached hydrogens (tertiary/aromatic N) is 1. The van der Waals surface area contributed by atoms with E-state index in [1.165, 1.54) is 11.1 Å². The van der Waals surface area contributed by atoms with E-state index in [9.17, 15) is 0 Å². The van der Waals surface area contributed by atoms with Gasteiger partial charge < -0.3 is 0 Å². The van der Waals surface area contributed by atoms with E-state index in [0.29, 0.717) is 5.88 Å². The fourth-order valence-corrected chi connectivity index (χ4v) is 2.97. The maximum absolute atomic E-state index is 5.73. The van der Waals surface area contributed by atoms with Gasteiger partial charge in [0.2, 0.25) is 0 Å². The average molecular weight is 303 g/mol. The third-order valence-electron chi connectivity index (χ3n) is 2.11. The minimum absolute atomic E-state index is 0.478. The molecule has 0 aliphatic heterocycles. The molecule has 2 rings (SSSR count). The van der Waals surface area contributed by atoms with Crippen LogP contribution in [0.5, 0.6) is 0 Å². The SMILES string of the molecule is Cc1cc(Br)ccc1-c1nc(CCl)cs1. The first kappa shape index (κ1) is 11.1. The number of halogens is 2. The molecule has 1 nitrogen and oxygen atoms in total. The minimum atomic E-state index is 0.478. The molecule has 2 aromatic rings. The maximum atomic E-state index is 5.73. The first-order chi connectivity index (χ1) is 7.20. The molecule has 1 heterocycles. The summed E-state index contributed by atoms with van der Waals surface area (Å²) in [6, 6.07) is 6.21. The Hall–Kier alpha value is -0.380.